The number of hydrogen-bond donors (Lipinski definition) is 1. The Kier molecular flexibility index (Phi) is 4.38. The molecule has 1 aromatic heterocycles. The quantitative estimate of drug-likeness (QED) is 0.782. The number of thioether (sulfide) groups is 1. The first kappa shape index (κ1) is 15.3. The fourth-order valence-electron chi connectivity index (χ4n) is 2.20. The maximum atomic E-state index is 11.5. The second kappa shape index (κ2) is 5.72. The zero-order valence-electron chi connectivity index (χ0n) is 11.7. The first-order valence-electron chi connectivity index (χ1n) is 6.32. The Labute approximate surface area is 122 Å². The fraction of sp³-hybridized carbons (Fsp3) is 0.727. The summed E-state index contributed by atoms with van der Waals surface area (Å²) in [5.74, 6) is 0.846. The van der Waals surface area contributed by atoms with Gasteiger partial charge < -0.3 is 9.88 Å². The molecule has 2 rings (SSSR count). The van der Waals surface area contributed by atoms with Crippen LogP contribution in [0.3, 0.4) is 0 Å². The number of sulfone groups is 1. The molecular weight excluding hydrogens is 300 g/mol. The summed E-state index contributed by atoms with van der Waals surface area (Å²) in [5.41, 5.74) is 0. The van der Waals surface area contributed by atoms with Crippen LogP contribution >= 0.6 is 11.8 Å². The van der Waals surface area contributed by atoms with Crippen LogP contribution in [0.2, 0.25) is 0 Å². The summed E-state index contributed by atoms with van der Waals surface area (Å²) >= 11 is 1.31. The topological polar surface area (TPSA) is 94.0 Å². The Morgan fingerprint density at radius 3 is 2.75 bits per heavy atom. The van der Waals surface area contributed by atoms with Crippen LogP contribution in [-0.4, -0.2) is 52.9 Å². The molecule has 0 saturated carbocycles. The summed E-state index contributed by atoms with van der Waals surface area (Å²) in [5, 5.41) is 11.1. The van der Waals surface area contributed by atoms with E-state index in [0.717, 1.165) is 0 Å². The van der Waals surface area contributed by atoms with Gasteiger partial charge in [0.25, 0.3) is 0 Å². The molecular formula is C11H18N4O3S2. The van der Waals surface area contributed by atoms with Gasteiger partial charge in [-0.25, -0.2) is 8.42 Å². The number of carbonyl (C=O) groups excluding carboxylic acids is 1. The van der Waals surface area contributed by atoms with Crippen molar-refractivity contribution in [3.05, 3.63) is 5.82 Å². The second-order valence-corrected chi connectivity index (χ2v) is 8.41. The molecule has 20 heavy (non-hydrogen) atoms. The lowest BCUT2D eigenvalue weighted by atomic mass is 10.1. The van der Waals surface area contributed by atoms with Crippen LogP contribution in [0.1, 0.15) is 25.1 Å². The molecule has 0 unspecified atom stereocenters. The lowest BCUT2D eigenvalue weighted by Crippen LogP contribution is -2.27. The van der Waals surface area contributed by atoms with E-state index in [1.807, 2.05) is 0 Å². The summed E-state index contributed by atoms with van der Waals surface area (Å²) in [7, 11) is 0.449. The Morgan fingerprint density at radius 2 is 2.20 bits per heavy atom. The van der Waals surface area contributed by atoms with Gasteiger partial charge in [-0.15, -0.1) is 10.2 Å². The van der Waals surface area contributed by atoms with Gasteiger partial charge in [0.15, 0.2) is 15.0 Å². The summed E-state index contributed by atoms with van der Waals surface area (Å²) in [4.78, 5) is 11.5. The Balaban J connectivity index is 2.14. The number of amides is 1. The number of nitrogens with zero attached hydrogens (tertiary/aromatic N) is 3. The molecule has 1 fully saturated rings. The van der Waals surface area contributed by atoms with E-state index in [1.165, 1.54) is 11.8 Å². The van der Waals surface area contributed by atoms with Crippen molar-refractivity contribution in [1.82, 2.24) is 20.1 Å². The molecule has 0 spiro atoms. The smallest absolute Gasteiger partial charge is 0.233 e. The largest absolute Gasteiger partial charge is 0.358 e. The fourth-order valence-corrected chi connectivity index (χ4v) is 4.82. The van der Waals surface area contributed by atoms with Gasteiger partial charge in [-0.2, -0.15) is 0 Å². The molecule has 2 atom stereocenters. The highest BCUT2D eigenvalue weighted by Gasteiger charge is 2.32. The lowest BCUT2D eigenvalue weighted by Gasteiger charge is -2.10. The van der Waals surface area contributed by atoms with Crippen LogP contribution in [0, 0.1) is 0 Å². The first-order chi connectivity index (χ1) is 9.34. The molecule has 0 bridgehead atoms. The molecule has 1 aromatic rings. The van der Waals surface area contributed by atoms with Crippen LogP contribution in [-0.2, 0) is 21.7 Å². The Hall–Kier alpha value is -1.09. The lowest BCUT2D eigenvalue weighted by molar-refractivity contribution is -0.119. The molecule has 9 heteroatoms. The van der Waals surface area contributed by atoms with Crippen LogP contribution in [0.4, 0.5) is 0 Å². The van der Waals surface area contributed by atoms with E-state index < -0.39 is 9.84 Å². The minimum Gasteiger partial charge on any atom is -0.358 e. The van der Waals surface area contributed by atoms with Crippen molar-refractivity contribution >= 4 is 27.5 Å². The third kappa shape index (κ3) is 3.14. The molecule has 1 aliphatic heterocycles. The van der Waals surface area contributed by atoms with Crippen LogP contribution in [0.25, 0.3) is 0 Å². The van der Waals surface area contributed by atoms with Crippen molar-refractivity contribution in [1.29, 1.82) is 0 Å². The van der Waals surface area contributed by atoms with E-state index in [-0.39, 0.29) is 28.6 Å². The van der Waals surface area contributed by atoms with Crippen LogP contribution in [0.15, 0.2) is 5.16 Å². The minimum atomic E-state index is -2.94. The van der Waals surface area contributed by atoms with E-state index in [4.69, 9.17) is 0 Å². The van der Waals surface area contributed by atoms with Gasteiger partial charge >= 0.3 is 0 Å². The summed E-state index contributed by atoms with van der Waals surface area (Å²) in [6, 6.07) is 0. The number of rotatable bonds is 4. The number of hydrogen-bond acceptors (Lipinski definition) is 6. The minimum absolute atomic E-state index is 0.0806. The molecule has 1 amide bonds. The molecule has 7 nitrogen and oxygen atoms in total. The summed E-state index contributed by atoms with van der Waals surface area (Å²) < 4.78 is 24.8. The highest BCUT2D eigenvalue weighted by atomic mass is 32.2. The molecule has 112 valence electrons. The van der Waals surface area contributed by atoms with Gasteiger partial charge in [-0.1, -0.05) is 11.8 Å². The maximum absolute atomic E-state index is 11.5. The van der Waals surface area contributed by atoms with E-state index in [2.05, 4.69) is 15.5 Å². The maximum Gasteiger partial charge on any atom is 0.233 e. The molecule has 0 aromatic carbocycles. The SMILES string of the molecule is CNC(=O)[C@H](C)Sc1nnc([C@H]2CCS(=O)(=O)C2)n1C. The number of nitrogens with one attached hydrogen (secondary N) is 1. The van der Waals surface area contributed by atoms with Crippen LogP contribution in [0.5, 0.6) is 0 Å². The number of aromatic nitrogens is 3. The van der Waals surface area contributed by atoms with Crippen molar-refractivity contribution in [2.24, 2.45) is 7.05 Å². The molecule has 1 N–H and O–H groups in total. The zero-order chi connectivity index (χ0) is 14.9. The molecule has 0 aliphatic carbocycles. The normalized spacial score (nSPS) is 22.6. The van der Waals surface area contributed by atoms with Crippen LogP contribution < -0.4 is 5.32 Å². The van der Waals surface area contributed by atoms with Crippen molar-refractivity contribution in [2.75, 3.05) is 18.6 Å². The van der Waals surface area contributed by atoms with Crippen molar-refractivity contribution in [3.8, 4) is 0 Å². The van der Waals surface area contributed by atoms with E-state index in [1.54, 1.807) is 25.6 Å². The van der Waals surface area contributed by atoms with Gasteiger partial charge in [0.05, 0.1) is 16.8 Å². The van der Waals surface area contributed by atoms with E-state index in [9.17, 15) is 13.2 Å². The molecule has 1 saturated heterocycles. The van der Waals surface area contributed by atoms with E-state index >= 15 is 0 Å². The van der Waals surface area contributed by atoms with E-state index in [0.29, 0.717) is 17.4 Å². The molecule has 1 aliphatic rings. The van der Waals surface area contributed by atoms with Crippen molar-refractivity contribution < 1.29 is 13.2 Å². The average molecular weight is 318 g/mol. The predicted molar refractivity (Wildman–Crippen MR) is 76.4 cm³/mol. The standard InChI is InChI=1S/C11H18N4O3S2/c1-7(10(16)12-2)19-11-14-13-9(15(11)3)8-4-5-20(17,18)6-8/h7-8H,4-6H2,1-3H3,(H,12,16)/t7-,8-/m0/s1. The van der Waals surface area contributed by atoms with Gasteiger partial charge in [0.2, 0.25) is 5.91 Å². The third-order valence-corrected chi connectivity index (χ3v) is 6.27. The van der Waals surface area contributed by atoms with Gasteiger partial charge in [0.1, 0.15) is 5.82 Å². The average Bonchev–Trinajstić information content (AvgIpc) is 2.92. The predicted octanol–water partition coefficient (Wildman–Crippen LogP) is -0.0562. The second-order valence-electron chi connectivity index (χ2n) is 4.87. The van der Waals surface area contributed by atoms with Gasteiger partial charge in [-0.05, 0) is 13.3 Å². The Bertz CT molecular complexity index is 611. The summed E-state index contributed by atoms with van der Waals surface area (Å²) in [6.45, 7) is 1.79. The van der Waals surface area contributed by atoms with Crippen molar-refractivity contribution in [3.63, 3.8) is 0 Å². The highest BCUT2D eigenvalue weighted by molar-refractivity contribution is 8.00. The third-order valence-electron chi connectivity index (χ3n) is 3.36. The number of carbonyl (C=O) groups is 1. The van der Waals surface area contributed by atoms with Gasteiger partial charge in [0, 0.05) is 20.0 Å². The highest BCUT2D eigenvalue weighted by Crippen LogP contribution is 2.30. The first-order valence-corrected chi connectivity index (χ1v) is 9.02. The van der Waals surface area contributed by atoms with Crippen molar-refractivity contribution in [2.45, 2.75) is 29.7 Å². The van der Waals surface area contributed by atoms with Gasteiger partial charge in [-0.3, -0.25) is 4.79 Å². The zero-order valence-corrected chi connectivity index (χ0v) is 13.3. The molecule has 2 heterocycles. The summed E-state index contributed by atoms with van der Waals surface area (Å²) in [6.07, 6.45) is 0.587. The monoisotopic (exact) mass is 318 g/mol. The molecule has 0 radical (unpaired) electrons. The Morgan fingerprint density at radius 1 is 1.50 bits per heavy atom.